The number of benzene rings is 1. The molecule has 2 N–H and O–H groups in total. The monoisotopic (exact) mass is 314 g/mol. The van der Waals surface area contributed by atoms with Crippen LogP contribution in [-0.4, -0.2) is 32.5 Å². The Bertz CT molecular complexity index is 618. The van der Waals surface area contributed by atoms with Crippen LogP contribution in [0.25, 0.3) is 0 Å². The van der Waals surface area contributed by atoms with Crippen molar-refractivity contribution in [2.24, 2.45) is 5.92 Å². The molecule has 5 nitrogen and oxygen atoms in total. The minimum atomic E-state index is -2.93. The van der Waals surface area contributed by atoms with Gasteiger partial charge in [0.05, 0.1) is 17.5 Å². The highest BCUT2D eigenvalue weighted by Crippen LogP contribution is 2.17. The summed E-state index contributed by atoms with van der Waals surface area (Å²) in [7, 11) is -2.93. The van der Waals surface area contributed by atoms with E-state index in [1.165, 1.54) is 12.1 Å². The number of hydrogen-bond donors (Lipinski definition) is 2. The molecular formula is C14H19FN2O3S. The van der Waals surface area contributed by atoms with Gasteiger partial charge in [-0.15, -0.1) is 0 Å². The summed E-state index contributed by atoms with van der Waals surface area (Å²) in [4.78, 5) is 11.8. The van der Waals surface area contributed by atoms with Crippen LogP contribution in [-0.2, 0) is 9.84 Å². The van der Waals surface area contributed by atoms with Crippen molar-refractivity contribution < 1.29 is 17.6 Å². The second kappa shape index (κ2) is 6.43. The van der Waals surface area contributed by atoms with Crippen LogP contribution >= 0.6 is 0 Å². The summed E-state index contributed by atoms with van der Waals surface area (Å²) in [6, 6.07) is 5.33. The molecule has 0 aliphatic carbocycles. The number of sulfone groups is 1. The molecule has 0 spiro atoms. The van der Waals surface area contributed by atoms with Gasteiger partial charge in [0, 0.05) is 6.54 Å². The third-order valence-corrected chi connectivity index (χ3v) is 5.41. The standard InChI is InChI=1S/C14H19FN2O3S/c1-10(12-3-2-4-13(15)7-12)17-14(18)16-8-11-5-6-21(19,20)9-11/h2-4,7,10-11H,5-6,8-9H2,1H3,(H2,16,17,18)/t10-,11+/m1/s1. The molecule has 21 heavy (non-hydrogen) atoms. The molecular weight excluding hydrogens is 295 g/mol. The van der Waals surface area contributed by atoms with Crippen molar-refractivity contribution >= 4 is 15.9 Å². The fraction of sp³-hybridized carbons (Fsp3) is 0.500. The molecule has 1 heterocycles. The second-order valence-electron chi connectivity index (χ2n) is 5.40. The Kier molecular flexibility index (Phi) is 4.82. The number of halogens is 1. The van der Waals surface area contributed by atoms with Crippen molar-refractivity contribution in [1.29, 1.82) is 0 Å². The van der Waals surface area contributed by atoms with E-state index in [9.17, 15) is 17.6 Å². The van der Waals surface area contributed by atoms with Crippen molar-refractivity contribution in [3.05, 3.63) is 35.6 Å². The normalized spacial score (nSPS) is 21.7. The number of carbonyl (C=O) groups is 1. The number of rotatable bonds is 4. The number of amides is 2. The third kappa shape index (κ3) is 4.70. The number of nitrogens with one attached hydrogen (secondary N) is 2. The molecule has 0 radical (unpaired) electrons. The van der Waals surface area contributed by atoms with Gasteiger partial charge in [-0.2, -0.15) is 0 Å². The van der Waals surface area contributed by atoms with Gasteiger partial charge < -0.3 is 10.6 Å². The fourth-order valence-electron chi connectivity index (χ4n) is 2.38. The lowest BCUT2D eigenvalue weighted by atomic mass is 10.1. The first-order valence-electron chi connectivity index (χ1n) is 6.86. The van der Waals surface area contributed by atoms with Crippen LogP contribution in [0.15, 0.2) is 24.3 Å². The molecule has 1 aliphatic rings. The van der Waals surface area contributed by atoms with Gasteiger partial charge in [-0.05, 0) is 37.0 Å². The Hall–Kier alpha value is -1.63. The van der Waals surface area contributed by atoms with E-state index in [0.29, 0.717) is 18.5 Å². The Morgan fingerprint density at radius 1 is 1.48 bits per heavy atom. The Labute approximate surface area is 123 Å². The maximum Gasteiger partial charge on any atom is 0.315 e. The van der Waals surface area contributed by atoms with Crippen molar-refractivity contribution in [2.75, 3.05) is 18.1 Å². The lowest BCUT2D eigenvalue weighted by Gasteiger charge is -2.16. The molecule has 1 aromatic carbocycles. The third-order valence-electron chi connectivity index (χ3n) is 3.57. The Morgan fingerprint density at radius 3 is 2.86 bits per heavy atom. The predicted octanol–water partition coefficient (Wildman–Crippen LogP) is 1.62. The predicted molar refractivity (Wildman–Crippen MR) is 78.1 cm³/mol. The van der Waals surface area contributed by atoms with Gasteiger partial charge in [-0.1, -0.05) is 12.1 Å². The molecule has 1 aromatic rings. The summed E-state index contributed by atoms with van der Waals surface area (Å²) < 4.78 is 35.7. The first-order valence-corrected chi connectivity index (χ1v) is 8.68. The molecule has 0 saturated carbocycles. The van der Waals surface area contributed by atoms with Gasteiger partial charge in [0.15, 0.2) is 9.84 Å². The molecule has 2 atom stereocenters. The van der Waals surface area contributed by atoms with Crippen LogP contribution in [0.4, 0.5) is 9.18 Å². The van der Waals surface area contributed by atoms with E-state index >= 15 is 0 Å². The van der Waals surface area contributed by atoms with Gasteiger partial charge in [-0.25, -0.2) is 17.6 Å². The van der Waals surface area contributed by atoms with Crippen LogP contribution in [0.3, 0.4) is 0 Å². The molecule has 2 rings (SSSR count). The molecule has 1 saturated heterocycles. The quantitative estimate of drug-likeness (QED) is 0.887. The molecule has 116 valence electrons. The van der Waals surface area contributed by atoms with E-state index < -0.39 is 9.84 Å². The highest BCUT2D eigenvalue weighted by molar-refractivity contribution is 7.91. The van der Waals surface area contributed by atoms with Crippen molar-refractivity contribution in [1.82, 2.24) is 10.6 Å². The average Bonchev–Trinajstić information content (AvgIpc) is 2.76. The topological polar surface area (TPSA) is 75.3 Å². The van der Waals surface area contributed by atoms with Gasteiger partial charge in [0.2, 0.25) is 0 Å². The zero-order valence-corrected chi connectivity index (χ0v) is 12.6. The van der Waals surface area contributed by atoms with E-state index in [0.717, 1.165) is 0 Å². The largest absolute Gasteiger partial charge is 0.338 e. The van der Waals surface area contributed by atoms with Gasteiger partial charge >= 0.3 is 6.03 Å². The van der Waals surface area contributed by atoms with Gasteiger partial charge in [0.25, 0.3) is 0 Å². The van der Waals surface area contributed by atoms with Crippen LogP contribution in [0.5, 0.6) is 0 Å². The summed E-state index contributed by atoms with van der Waals surface area (Å²) in [5.41, 5.74) is 0.675. The second-order valence-corrected chi connectivity index (χ2v) is 7.63. The van der Waals surface area contributed by atoms with Crippen LogP contribution < -0.4 is 10.6 Å². The van der Waals surface area contributed by atoms with Gasteiger partial charge in [-0.3, -0.25) is 0 Å². The van der Waals surface area contributed by atoms with E-state index in [4.69, 9.17) is 0 Å². The molecule has 1 fully saturated rings. The summed E-state index contributed by atoms with van der Waals surface area (Å²) in [5.74, 6) is -0.0455. The maximum absolute atomic E-state index is 13.1. The maximum atomic E-state index is 13.1. The fourth-order valence-corrected chi connectivity index (χ4v) is 4.24. The van der Waals surface area contributed by atoms with E-state index in [-0.39, 0.29) is 35.3 Å². The lowest BCUT2D eigenvalue weighted by molar-refractivity contribution is 0.236. The number of urea groups is 1. The first kappa shape index (κ1) is 15.8. The van der Waals surface area contributed by atoms with Crippen molar-refractivity contribution in [3.63, 3.8) is 0 Å². The number of carbonyl (C=O) groups excluding carboxylic acids is 1. The minimum Gasteiger partial charge on any atom is -0.338 e. The smallest absolute Gasteiger partial charge is 0.315 e. The lowest BCUT2D eigenvalue weighted by Crippen LogP contribution is -2.39. The molecule has 0 unspecified atom stereocenters. The number of hydrogen-bond acceptors (Lipinski definition) is 3. The SMILES string of the molecule is C[C@@H](NC(=O)NC[C@@H]1CCS(=O)(=O)C1)c1cccc(F)c1. The molecule has 7 heteroatoms. The minimum absolute atomic E-state index is 0.0229. The Balaban J connectivity index is 1.79. The van der Waals surface area contributed by atoms with Crippen molar-refractivity contribution in [2.45, 2.75) is 19.4 Å². The summed E-state index contributed by atoms with van der Waals surface area (Å²) >= 11 is 0. The van der Waals surface area contributed by atoms with Crippen molar-refractivity contribution in [3.8, 4) is 0 Å². The molecule has 0 bridgehead atoms. The van der Waals surface area contributed by atoms with E-state index in [1.807, 2.05) is 0 Å². The van der Waals surface area contributed by atoms with Crippen LogP contribution in [0.1, 0.15) is 24.9 Å². The Morgan fingerprint density at radius 2 is 2.24 bits per heavy atom. The molecule has 0 aromatic heterocycles. The molecule has 1 aliphatic heterocycles. The zero-order valence-electron chi connectivity index (χ0n) is 11.8. The van der Waals surface area contributed by atoms with Gasteiger partial charge in [0.1, 0.15) is 5.82 Å². The van der Waals surface area contributed by atoms with Crippen LogP contribution in [0, 0.1) is 11.7 Å². The highest BCUT2D eigenvalue weighted by Gasteiger charge is 2.27. The highest BCUT2D eigenvalue weighted by atomic mass is 32.2. The summed E-state index contributed by atoms with van der Waals surface area (Å²) in [5, 5.41) is 5.37. The zero-order chi connectivity index (χ0) is 15.5. The van der Waals surface area contributed by atoms with E-state index in [2.05, 4.69) is 10.6 Å². The summed E-state index contributed by atoms with van der Waals surface area (Å²) in [6.45, 7) is 2.09. The first-order chi connectivity index (χ1) is 9.85. The molecule has 2 amide bonds. The van der Waals surface area contributed by atoms with E-state index in [1.54, 1.807) is 19.1 Å². The van der Waals surface area contributed by atoms with Crippen LogP contribution in [0.2, 0.25) is 0 Å². The average molecular weight is 314 g/mol. The summed E-state index contributed by atoms with van der Waals surface area (Å²) in [6.07, 6.45) is 0.585.